The van der Waals surface area contributed by atoms with Crippen LogP contribution in [0.3, 0.4) is 0 Å². The number of hydrazone groups is 1. The van der Waals surface area contributed by atoms with Crippen LogP contribution in [-0.4, -0.2) is 39.2 Å². The summed E-state index contributed by atoms with van der Waals surface area (Å²) in [5.74, 6) is -0.880. The van der Waals surface area contributed by atoms with Crippen molar-refractivity contribution in [3.63, 3.8) is 0 Å². The van der Waals surface area contributed by atoms with E-state index in [9.17, 15) is 24.8 Å². The van der Waals surface area contributed by atoms with E-state index in [-0.39, 0.29) is 46.8 Å². The summed E-state index contributed by atoms with van der Waals surface area (Å²) >= 11 is 0. The number of phenols is 1. The maximum absolute atomic E-state index is 12.1. The molecule has 3 N–H and O–H groups in total. The third-order valence-electron chi connectivity index (χ3n) is 4.18. The minimum atomic E-state index is -0.664. The molecule has 0 bridgehead atoms. The van der Waals surface area contributed by atoms with Gasteiger partial charge in [-0.25, -0.2) is 10.4 Å². The molecule has 154 valence electrons. The van der Waals surface area contributed by atoms with Gasteiger partial charge in [0, 0.05) is 12.8 Å². The van der Waals surface area contributed by atoms with Gasteiger partial charge in [0.1, 0.15) is 5.69 Å². The fraction of sp³-hybridized carbons (Fsp3) is 0.158. The molecule has 3 aromatic rings. The molecule has 3 rings (SSSR count). The molecule has 0 fully saturated rings. The average molecular weight is 411 g/mol. The Morgan fingerprint density at radius 2 is 2.17 bits per heavy atom. The summed E-state index contributed by atoms with van der Waals surface area (Å²) in [5, 5.41) is 24.6. The van der Waals surface area contributed by atoms with Gasteiger partial charge in [-0.1, -0.05) is 12.1 Å². The molecule has 30 heavy (non-hydrogen) atoms. The van der Waals surface area contributed by atoms with Crippen LogP contribution in [0.5, 0.6) is 11.5 Å². The monoisotopic (exact) mass is 411 g/mol. The number of methoxy groups -OCH3 is 1. The third kappa shape index (κ3) is 4.58. The first-order valence-electron chi connectivity index (χ1n) is 8.74. The number of hydrogen-bond acceptors (Lipinski definition) is 8. The van der Waals surface area contributed by atoms with Gasteiger partial charge in [-0.05, 0) is 18.2 Å². The first kappa shape index (κ1) is 20.5. The Kier molecular flexibility index (Phi) is 6.01. The molecular formula is C19H17N5O6. The molecule has 0 saturated heterocycles. The first-order valence-corrected chi connectivity index (χ1v) is 8.74. The lowest BCUT2D eigenvalue weighted by Gasteiger charge is -2.05. The Bertz CT molecular complexity index is 1200. The van der Waals surface area contributed by atoms with Gasteiger partial charge in [0.2, 0.25) is 5.91 Å². The maximum atomic E-state index is 12.1. The summed E-state index contributed by atoms with van der Waals surface area (Å²) in [6.45, 7) is 0. The number of amides is 1. The quantitative estimate of drug-likeness (QED) is 0.302. The van der Waals surface area contributed by atoms with Gasteiger partial charge < -0.3 is 14.8 Å². The topological polar surface area (TPSA) is 160 Å². The lowest BCUT2D eigenvalue weighted by molar-refractivity contribution is -0.385. The summed E-state index contributed by atoms with van der Waals surface area (Å²) in [6.07, 6.45) is 1.06. The van der Waals surface area contributed by atoms with Gasteiger partial charge in [0.15, 0.2) is 11.5 Å². The highest BCUT2D eigenvalue weighted by molar-refractivity contribution is 5.88. The second-order valence-electron chi connectivity index (χ2n) is 6.16. The van der Waals surface area contributed by atoms with Gasteiger partial charge in [-0.3, -0.25) is 19.7 Å². The van der Waals surface area contributed by atoms with Crippen LogP contribution in [0.1, 0.15) is 17.7 Å². The van der Waals surface area contributed by atoms with Crippen molar-refractivity contribution in [3.8, 4) is 11.5 Å². The lowest BCUT2D eigenvalue weighted by Crippen LogP contribution is -2.21. The fourth-order valence-electron chi connectivity index (χ4n) is 2.70. The van der Waals surface area contributed by atoms with E-state index < -0.39 is 10.8 Å². The minimum Gasteiger partial charge on any atom is -0.504 e. The number of hydrogen-bond donors (Lipinski definition) is 3. The molecule has 0 spiro atoms. The van der Waals surface area contributed by atoms with Crippen LogP contribution < -0.4 is 15.7 Å². The highest BCUT2D eigenvalue weighted by Crippen LogP contribution is 2.32. The number of carbonyl (C=O) groups is 1. The first-order chi connectivity index (χ1) is 14.4. The van der Waals surface area contributed by atoms with Crippen molar-refractivity contribution < 1.29 is 19.6 Å². The highest BCUT2D eigenvalue weighted by Gasteiger charge is 2.17. The Balaban J connectivity index is 1.66. The number of carbonyl (C=O) groups excluding carboxylic acids is 1. The van der Waals surface area contributed by atoms with Crippen molar-refractivity contribution in [2.45, 2.75) is 12.8 Å². The summed E-state index contributed by atoms with van der Waals surface area (Å²) in [5.41, 5.74) is 2.89. The van der Waals surface area contributed by atoms with E-state index >= 15 is 0 Å². The summed E-state index contributed by atoms with van der Waals surface area (Å²) in [6, 6.07) is 9.19. The predicted molar refractivity (Wildman–Crippen MR) is 108 cm³/mol. The molecule has 2 aromatic carbocycles. The molecule has 0 aliphatic heterocycles. The van der Waals surface area contributed by atoms with Crippen molar-refractivity contribution in [2.75, 3.05) is 7.11 Å². The van der Waals surface area contributed by atoms with E-state index in [1.807, 2.05) is 0 Å². The Morgan fingerprint density at radius 1 is 1.40 bits per heavy atom. The van der Waals surface area contributed by atoms with E-state index in [2.05, 4.69) is 20.5 Å². The van der Waals surface area contributed by atoms with Crippen molar-refractivity contribution >= 4 is 28.8 Å². The number of benzene rings is 2. The van der Waals surface area contributed by atoms with Crippen molar-refractivity contribution in [1.82, 2.24) is 15.4 Å². The van der Waals surface area contributed by atoms with Crippen LogP contribution in [0.2, 0.25) is 0 Å². The molecule has 1 amide bonds. The zero-order valence-electron chi connectivity index (χ0n) is 15.8. The zero-order valence-corrected chi connectivity index (χ0v) is 15.8. The molecule has 11 heteroatoms. The van der Waals surface area contributed by atoms with Crippen LogP contribution >= 0.6 is 0 Å². The van der Waals surface area contributed by atoms with Crippen molar-refractivity contribution in [2.24, 2.45) is 5.10 Å². The van der Waals surface area contributed by atoms with Gasteiger partial charge in [0.25, 0.3) is 11.2 Å². The Morgan fingerprint density at radius 3 is 2.90 bits per heavy atom. The average Bonchev–Trinajstić information content (AvgIpc) is 2.72. The number of rotatable bonds is 7. The second kappa shape index (κ2) is 8.82. The maximum Gasteiger partial charge on any atom is 0.282 e. The summed E-state index contributed by atoms with van der Waals surface area (Å²) < 4.78 is 4.84. The van der Waals surface area contributed by atoms with Gasteiger partial charge >= 0.3 is 0 Å². The van der Waals surface area contributed by atoms with E-state index in [4.69, 9.17) is 4.74 Å². The number of para-hydroxylation sites is 2. The molecule has 0 unspecified atom stereocenters. The summed E-state index contributed by atoms with van der Waals surface area (Å²) in [4.78, 5) is 41.5. The zero-order chi connectivity index (χ0) is 21.7. The van der Waals surface area contributed by atoms with Crippen LogP contribution in [0.25, 0.3) is 11.0 Å². The van der Waals surface area contributed by atoms with E-state index in [0.29, 0.717) is 11.0 Å². The normalized spacial score (nSPS) is 11.0. The number of aromatic nitrogens is 2. The van der Waals surface area contributed by atoms with Crippen molar-refractivity contribution in [3.05, 3.63) is 68.1 Å². The highest BCUT2D eigenvalue weighted by atomic mass is 16.6. The number of nitrogens with one attached hydrogen (secondary N) is 2. The van der Waals surface area contributed by atoms with E-state index in [0.717, 1.165) is 18.3 Å². The fourth-order valence-corrected chi connectivity index (χ4v) is 2.70. The number of H-pyrrole nitrogens is 1. The minimum absolute atomic E-state index is 0.0220. The number of ether oxygens (including phenoxy) is 1. The molecule has 1 heterocycles. The van der Waals surface area contributed by atoms with E-state index in [1.54, 1.807) is 24.3 Å². The largest absolute Gasteiger partial charge is 0.504 e. The van der Waals surface area contributed by atoms with Crippen LogP contribution in [-0.2, 0) is 11.2 Å². The number of aromatic amines is 1. The molecular weight excluding hydrogens is 394 g/mol. The van der Waals surface area contributed by atoms with Crippen LogP contribution in [0.4, 0.5) is 5.69 Å². The number of aromatic hydroxyl groups is 1. The molecule has 0 atom stereocenters. The molecule has 0 saturated carbocycles. The molecule has 11 nitrogen and oxygen atoms in total. The smallest absolute Gasteiger partial charge is 0.282 e. The SMILES string of the molecule is COc1cc([N+](=O)[O-])c(/C=N\NC(=O)CCc2nc3ccccc3[nH]c2=O)cc1O. The Labute approximate surface area is 169 Å². The standard InChI is InChI=1S/C19H17N5O6/c1-30-17-9-15(24(28)29)11(8-16(17)25)10-20-23-18(26)7-6-14-19(27)22-13-5-3-2-4-12(13)21-14/h2-5,8-10,25H,6-7H2,1H3,(H,22,27)(H,23,26)/b20-10-. The lowest BCUT2D eigenvalue weighted by atomic mass is 10.1. The third-order valence-corrected chi connectivity index (χ3v) is 4.18. The molecule has 0 aliphatic carbocycles. The van der Waals surface area contributed by atoms with Crippen LogP contribution in [0, 0.1) is 10.1 Å². The van der Waals surface area contributed by atoms with Crippen LogP contribution in [0.15, 0.2) is 46.3 Å². The number of nitro groups is 1. The molecule has 1 aromatic heterocycles. The van der Waals surface area contributed by atoms with E-state index in [1.165, 1.54) is 7.11 Å². The number of nitro benzene ring substituents is 1. The predicted octanol–water partition coefficient (Wildman–Crippen LogP) is 1.63. The Hall–Kier alpha value is -4.28. The number of nitrogens with zero attached hydrogens (tertiary/aromatic N) is 3. The molecule has 0 aliphatic rings. The number of aryl methyl sites for hydroxylation is 1. The van der Waals surface area contributed by atoms with Gasteiger partial charge in [-0.15, -0.1) is 0 Å². The second-order valence-corrected chi connectivity index (χ2v) is 6.16. The van der Waals surface area contributed by atoms with Gasteiger partial charge in [0.05, 0.1) is 40.9 Å². The van der Waals surface area contributed by atoms with Crippen molar-refractivity contribution in [1.29, 1.82) is 0 Å². The van der Waals surface area contributed by atoms with Gasteiger partial charge in [-0.2, -0.15) is 5.10 Å². The number of phenolic OH excluding ortho intramolecular Hbond substituents is 1. The molecule has 0 radical (unpaired) electrons. The number of fused-ring (bicyclic) bond motifs is 1. The summed E-state index contributed by atoms with van der Waals surface area (Å²) in [7, 11) is 1.27.